The van der Waals surface area contributed by atoms with E-state index in [1.165, 1.54) is 11.4 Å². The zero-order valence-electron chi connectivity index (χ0n) is 26.8. The average Bonchev–Trinajstić information content (AvgIpc) is 3.59. The lowest BCUT2D eigenvalue weighted by molar-refractivity contribution is -0.652. The monoisotopic (exact) mass is 648 g/mol. The minimum Gasteiger partial charge on any atom is -0.398 e. The molecule has 8 heteroatoms. The van der Waals surface area contributed by atoms with Crippen LogP contribution in [-0.4, -0.2) is 38.7 Å². The molecule has 0 saturated carbocycles. The van der Waals surface area contributed by atoms with Gasteiger partial charge in [0, 0.05) is 62.2 Å². The molecule has 0 N–H and O–H groups in total. The Bertz CT molecular complexity index is 1820. The number of benzene rings is 4. The molecule has 0 saturated heterocycles. The van der Waals surface area contributed by atoms with Crippen molar-refractivity contribution in [1.29, 1.82) is 0 Å². The number of para-hydroxylation sites is 4. The first kappa shape index (κ1) is 31.6. The van der Waals surface area contributed by atoms with Crippen molar-refractivity contribution in [2.45, 2.75) is 0 Å². The maximum atomic E-state index is 5.98. The largest absolute Gasteiger partial charge is 0.398 e. The summed E-state index contributed by atoms with van der Waals surface area (Å²) in [7, 11) is 12.3. The third-order valence-electron chi connectivity index (χ3n) is 8.15. The summed E-state index contributed by atoms with van der Waals surface area (Å²) >= 11 is 0. The fraction of sp³-hybridized carbons (Fsp3) is 0.211. The summed E-state index contributed by atoms with van der Waals surface area (Å²) in [5.41, 5.74) is 8.72. The number of hydrogen-bond acceptors (Lipinski definition) is 6. The predicted molar refractivity (Wildman–Crippen MR) is 197 cm³/mol. The van der Waals surface area contributed by atoms with Crippen molar-refractivity contribution in [1.82, 2.24) is 0 Å². The molecule has 0 amide bonds. The normalized spacial score (nSPS) is 11.8. The zero-order chi connectivity index (χ0) is 31.9. The SMILES string of the molecule is CN(CCSSCCN(C)c1ccc(/C=C/c2oc3ccccc3[n+]2C)cc1)c1ccc(/C=C/c2oc3ccccc3[n+]2C)cc1. The molecule has 0 bridgehead atoms. The molecule has 0 radical (unpaired) electrons. The fourth-order valence-electron chi connectivity index (χ4n) is 5.27. The second-order valence-corrected chi connectivity index (χ2v) is 14.0. The molecular formula is C38H40N4O2S2+2. The second-order valence-electron chi connectivity index (χ2n) is 11.3. The van der Waals surface area contributed by atoms with Gasteiger partial charge >= 0.3 is 11.8 Å². The number of aryl methyl sites for hydroxylation is 2. The third kappa shape index (κ3) is 7.52. The standard InChI is InChI=1S/C38H40N4O2S2/c1-39(31-19-13-29(14-20-31)17-23-37-41(3)33-9-5-7-11-35(33)43-37)25-27-45-46-28-26-40(2)32-21-15-30(16-22-32)18-24-38-42(4)34-10-6-8-12-36(34)44-38/h5-24H,25-28H2,1-4H3/q+2. The Morgan fingerprint density at radius 1 is 0.543 bits per heavy atom. The van der Waals surface area contributed by atoms with E-state index >= 15 is 0 Å². The molecule has 0 aliphatic carbocycles. The highest BCUT2D eigenvalue weighted by Crippen LogP contribution is 2.24. The van der Waals surface area contributed by atoms with E-state index in [4.69, 9.17) is 8.83 Å². The molecule has 2 aromatic heterocycles. The molecule has 0 fully saturated rings. The average molecular weight is 649 g/mol. The summed E-state index contributed by atoms with van der Waals surface area (Å²) < 4.78 is 16.1. The number of aromatic nitrogens is 2. The van der Waals surface area contributed by atoms with Crippen LogP contribution >= 0.6 is 21.6 Å². The van der Waals surface area contributed by atoms with Gasteiger partial charge in [0.1, 0.15) is 14.1 Å². The Balaban J connectivity index is 0.899. The molecule has 234 valence electrons. The molecule has 0 aliphatic heterocycles. The van der Waals surface area contributed by atoms with Gasteiger partial charge in [-0.2, -0.15) is 9.13 Å². The Labute approximate surface area is 279 Å². The maximum Gasteiger partial charge on any atom is 0.373 e. The Morgan fingerprint density at radius 2 is 0.935 bits per heavy atom. The summed E-state index contributed by atoms with van der Waals surface area (Å²) in [6, 6.07) is 33.6. The van der Waals surface area contributed by atoms with Gasteiger partial charge in [-0.25, -0.2) is 0 Å². The van der Waals surface area contributed by atoms with Crippen LogP contribution in [0.5, 0.6) is 0 Å². The Kier molecular flexibility index (Phi) is 10.2. The lowest BCUT2D eigenvalue weighted by Gasteiger charge is -2.20. The van der Waals surface area contributed by atoms with Crippen molar-refractivity contribution in [3.63, 3.8) is 0 Å². The molecular weight excluding hydrogens is 609 g/mol. The molecule has 6 aromatic rings. The number of rotatable bonds is 13. The second kappa shape index (κ2) is 14.8. The molecule has 2 heterocycles. The number of anilines is 2. The molecule has 0 aliphatic rings. The predicted octanol–water partition coefficient (Wildman–Crippen LogP) is 8.12. The van der Waals surface area contributed by atoms with E-state index in [1.807, 2.05) is 84.2 Å². The van der Waals surface area contributed by atoms with Crippen LogP contribution in [-0.2, 0) is 14.1 Å². The number of oxazole rings is 2. The van der Waals surface area contributed by atoms with Gasteiger partial charge in [-0.05, 0) is 59.7 Å². The van der Waals surface area contributed by atoms with Crippen LogP contribution in [0.15, 0.2) is 106 Å². The molecule has 6 nitrogen and oxygen atoms in total. The van der Waals surface area contributed by atoms with Gasteiger partial charge in [-0.1, -0.05) is 70.1 Å². The van der Waals surface area contributed by atoms with E-state index < -0.39 is 0 Å². The van der Waals surface area contributed by atoms with Crippen LogP contribution in [0.2, 0.25) is 0 Å². The van der Waals surface area contributed by atoms with Crippen molar-refractivity contribution in [2.75, 3.05) is 48.5 Å². The van der Waals surface area contributed by atoms with E-state index in [-0.39, 0.29) is 0 Å². The first-order chi connectivity index (χ1) is 22.5. The summed E-state index contributed by atoms with van der Waals surface area (Å²) in [4.78, 5) is 4.63. The van der Waals surface area contributed by atoms with Gasteiger partial charge in [0.15, 0.2) is 0 Å². The van der Waals surface area contributed by atoms with E-state index in [0.717, 1.165) is 69.7 Å². The van der Waals surface area contributed by atoms with Crippen molar-refractivity contribution in [3.8, 4) is 0 Å². The van der Waals surface area contributed by atoms with Gasteiger partial charge < -0.3 is 18.6 Å². The van der Waals surface area contributed by atoms with Gasteiger partial charge in [-0.3, -0.25) is 0 Å². The minimum atomic E-state index is 0.832. The summed E-state index contributed by atoms with van der Waals surface area (Å²) in [6.07, 6.45) is 8.25. The highest BCUT2D eigenvalue weighted by atomic mass is 33.1. The van der Waals surface area contributed by atoms with Gasteiger partial charge in [0.2, 0.25) is 11.2 Å². The van der Waals surface area contributed by atoms with Crippen LogP contribution in [0.3, 0.4) is 0 Å². The van der Waals surface area contributed by atoms with Gasteiger partial charge in [0.25, 0.3) is 11.0 Å². The first-order valence-electron chi connectivity index (χ1n) is 15.4. The van der Waals surface area contributed by atoms with E-state index in [9.17, 15) is 0 Å². The smallest absolute Gasteiger partial charge is 0.373 e. The quantitative estimate of drug-likeness (QED) is 0.0716. The Hall–Kier alpha value is -4.40. The maximum absolute atomic E-state index is 5.98. The number of hydrogen-bond donors (Lipinski definition) is 0. The number of nitrogens with zero attached hydrogens (tertiary/aromatic N) is 4. The van der Waals surface area contributed by atoms with Gasteiger partial charge in [0.05, 0.1) is 12.2 Å². The lowest BCUT2D eigenvalue weighted by Crippen LogP contribution is -2.29. The van der Waals surface area contributed by atoms with Crippen molar-refractivity contribution < 1.29 is 18.0 Å². The number of fused-ring (bicyclic) bond motifs is 2. The highest BCUT2D eigenvalue weighted by molar-refractivity contribution is 8.76. The van der Waals surface area contributed by atoms with E-state index in [0.29, 0.717) is 0 Å². The van der Waals surface area contributed by atoms with E-state index in [2.05, 4.69) is 106 Å². The van der Waals surface area contributed by atoms with Crippen molar-refractivity contribution >= 4 is 79.5 Å². The van der Waals surface area contributed by atoms with Crippen molar-refractivity contribution in [3.05, 3.63) is 120 Å². The molecule has 6 rings (SSSR count). The fourth-order valence-corrected chi connectivity index (χ4v) is 7.36. The molecule has 0 spiro atoms. The van der Waals surface area contributed by atoms with Crippen LogP contribution in [0.25, 0.3) is 46.5 Å². The highest BCUT2D eigenvalue weighted by Gasteiger charge is 2.16. The van der Waals surface area contributed by atoms with Crippen LogP contribution in [0.4, 0.5) is 11.4 Å². The molecule has 0 atom stereocenters. The van der Waals surface area contributed by atoms with Crippen LogP contribution < -0.4 is 18.9 Å². The molecule has 4 aromatic carbocycles. The van der Waals surface area contributed by atoms with Crippen LogP contribution in [0, 0.1) is 0 Å². The summed E-state index contributed by atoms with van der Waals surface area (Å²) in [6.45, 7) is 2.00. The molecule has 46 heavy (non-hydrogen) atoms. The minimum absolute atomic E-state index is 0.832. The first-order valence-corrected chi connectivity index (χ1v) is 17.9. The third-order valence-corrected chi connectivity index (χ3v) is 10.5. The Morgan fingerprint density at radius 3 is 1.33 bits per heavy atom. The topological polar surface area (TPSA) is 40.5 Å². The lowest BCUT2D eigenvalue weighted by atomic mass is 10.2. The summed E-state index contributed by atoms with van der Waals surface area (Å²) in [5, 5.41) is 0. The summed E-state index contributed by atoms with van der Waals surface area (Å²) in [5.74, 6) is 3.80. The molecule has 0 unspecified atom stereocenters. The van der Waals surface area contributed by atoms with Crippen molar-refractivity contribution in [2.24, 2.45) is 14.1 Å². The van der Waals surface area contributed by atoms with Crippen LogP contribution in [0.1, 0.15) is 22.9 Å². The van der Waals surface area contributed by atoms with E-state index in [1.54, 1.807) is 0 Å². The van der Waals surface area contributed by atoms with Gasteiger partial charge in [-0.15, -0.1) is 0 Å². The zero-order valence-corrected chi connectivity index (χ0v) is 28.4.